The van der Waals surface area contributed by atoms with Crippen LogP contribution in [0.4, 0.5) is 5.82 Å². The van der Waals surface area contributed by atoms with Gasteiger partial charge in [-0.25, -0.2) is 14.6 Å². The summed E-state index contributed by atoms with van der Waals surface area (Å²) in [6, 6.07) is 4.60. The maximum Gasteiger partial charge on any atom is 0.267 e. The van der Waals surface area contributed by atoms with Gasteiger partial charge in [-0.2, -0.15) is 5.10 Å². The maximum absolute atomic E-state index is 12.5. The van der Waals surface area contributed by atoms with E-state index < -0.39 is 0 Å². The summed E-state index contributed by atoms with van der Waals surface area (Å²) in [5.41, 5.74) is 3.56. The molecule has 6 heteroatoms. The van der Waals surface area contributed by atoms with Crippen LogP contribution < -0.4 is 10.9 Å². The molecule has 0 aliphatic heterocycles. The number of aromatic nitrogens is 4. The molecule has 142 valence electrons. The van der Waals surface area contributed by atoms with Gasteiger partial charge < -0.3 is 5.32 Å². The Morgan fingerprint density at radius 3 is 2.59 bits per heavy atom. The van der Waals surface area contributed by atoms with Crippen LogP contribution in [0, 0.1) is 0 Å². The number of nitrogens with zero attached hydrogens (tertiary/aromatic N) is 4. The molecule has 2 fully saturated rings. The van der Waals surface area contributed by atoms with Crippen LogP contribution in [0.1, 0.15) is 80.3 Å². The van der Waals surface area contributed by atoms with Gasteiger partial charge in [0.2, 0.25) is 0 Å². The van der Waals surface area contributed by atoms with Gasteiger partial charge in [0.1, 0.15) is 12.1 Å². The van der Waals surface area contributed by atoms with Gasteiger partial charge in [0.05, 0.1) is 11.7 Å². The molecule has 3 aliphatic carbocycles. The Kier molecular flexibility index (Phi) is 4.42. The highest BCUT2D eigenvalue weighted by Crippen LogP contribution is 2.36. The molecule has 2 aromatic heterocycles. The fourth-order valence-electron chi connectivity index (χ4n) is 4.73. The van der Waals surface area contributed by atoms with Crippen LogP contribution in [0.2, 0.25) is 0 Å². The van der Waals surface area contributed by atoms with Gasteiger partial charge in [0, 0.05) is 29.8 Å². The van der Waals surface area contributed by atoms with Crippen LogP contribution in [0.5, 0.6) is 0 Å². The highest BCUT2D eigenvalue weighted by molar-refractivity contribution is 5.37. The molecule has 0 atom stereocenters. The van der Waals surface area contributed by atoms with Crippen molar-refractivity contribution < 1.29 is 0 Å². The minimum atomic E-state index is 0.0769. The van der Waals surface area contributed by atoms with E-state index in [4.69, 9.17) is 5.10 Å². The first kappa shape index (κ1) is 16.9. The number of hydrogen-bond acceptors (Lipinski definition) is 5. The van der Waals surface area contributed by atoms with Crippen molar-refractivity contribution in [2.75, 3.05) is 5.32 Å². The summed E-state index contributed by atoms with van der Waals surface area (Å²) in [7, 11) is 0. The number of hydrogen-bond donors (Lipinski definition) is 1. The number of aryl methyl sites for hydroxylation is 2. The predicted molar refractivity (Wildman–Crippen MR) is 104 cm³/mol. The monoisotopic (exact) mass is 365 g/mol. The average Bonchev–Trinajstić information content (AvgIpc) is 3.08. The van der Waals surface area contributed by atoms with E-state index in [0.717, 1.165) is 62.0 Å². The standard InChI is InChI=1S/C21H27N5O/c27-21-11-15-5-2-6-18(15)25-26(21)17-9-7-16(8-10-17)24-20-12-19(22-13-23-20)14-3-1-4-14/h11-14,16-17H,1-10H2,(H,22,23,24). The molecule has 0 radical (unpaired) electrons. The van der Waals surface area contributed by atoms with Crippen molar-refractivity contribution in [1.29, 1.82) is 0 Å². The van der Waals surface area contributed by atoms with Crippen molar-refractivity contribution in [3.63, 3.8) is 0 Å². The van der Waals surface area contributed by atoms with E-state index in [1.807, 2.05) is 6.07 Å². The highest BCUT2D eigenvalue weighted by atomic mass is 16.1. The van der Waals surface area contributed by atoms with Crippen molar-refractivity contribution in [2.45, 2.75) is 82.2 Å². The van der Waals surface area contributed by atoms with E-state index in [2.05, 4.69) is 21.4 Å². The van der Waals surface area contributed by atoms with Crippen molar-refractivity contribution in [2.24, 2.45) is 0 Å². The second-order valence-corrected chi connectivity index (χ2v) is 8.36. The molecule has 2 aromatic rings. The minimum absolute atomic E-state index is 0.0769. The molecule has 0 bridgehead atoms. The van der Waals surface area contributed by atoms with Crippen LogP contribution in [0.3, 0.4) is 0 Å². The fraction of sp³-hybridized carbons (Fsp3) is 0.619. The second kappa shape index (κ2) is 7.06. The molecule has 3 aliphatic rings. The highest BCUT2D eigenvalue weighted by Gasteiger charge is 2.26. The average molecular weight is 365 g/mol. The summed E-state index contributed by atoms with van der Waals surface area (Å²) in [6.45, 7) is 0. The lowest BCUT2D eigenvalue weighted by Crippen LogP contribution is -2.34. The molecule has 1 N–H and O–H groups in total. The maximum atomic E-state index is 12.5. The van der Waals surface area contributed by atoms with Gasteiger partial charge >= 0.3 is 0 Å². The Labute approximate surface area is 159 Å². The Morgan fingerprint density at radius 1 is 0.963 bits per heavy atom. The molecule has 6 nitrogen and oxygen atoms in total. The quantitative estimate of drug-likeness (QED) is 0.899. The normalized spacial score (nSPS) is 25.0. The molecular weight excluding hydrogens is 338 g/mol. The Bertz CT molecular complexity index is 880. The molecule has 5 rings (SSSR count). The molecule has 0 spiro atoms. The van der Waals surface area contributed by atoms with E-state index in [-0.39, 0.29) is 11.6 Å². The topological polar surface area (TPSA) is 72.7 Å². The SMILES string of the molecule is O=c1cc2c(nn1C1CCC(Nc3cc(C4CCC4)ncn3)CC1)CCC2. The van der Waals surface area contributed by atoms with Gasteiger partial charge in [-0.05, 0) is 63.4 Å². The van der Waals surface area contributed by atoms with Crippen molar-refractivity contribution in [1.82, 2.24) is 19.7 Å². The largest absolute Gasteiger partial charge is 0.367 e. The molecule has 27 heavy (non-hydrogen) atoms. The first-order chi connectivity index (χ1) is 13.3. The van der Waals surface area contributed by atoms with Gasteiger partial charge in [0.25, 0.3) is 5.56 Å². The second-order valence-electron chi connectivity index (χ2n) is 8.36. The van der Waals surface area contributed by atoms with Crippen LogP contribution >= 0.6 is 0 Å². The minimum Gasteiger partial charge on any atom is -0.367 e. The lowest BCUT2D eigenvalue weighted by atomic mass is 9.83. The van der Waals surface area contributed by atoms with Crippen LogP contribution in [-0.4, -0.2) is 25.8 Å². The fourth-order valence-corrected chi connectivity index (χ4v) is 4.73. The summed E-state index contributed by atoms with van der Waals surface area (Å²) in [4.78, 5) is 21.3. The zero-order valence-corrected chi connectivity index (χ0v) is 15.7. The number of nitrogens with one attached hydrogen (secondary N) is 1. The molecular formula is C21H27N5O. The summed E-state index contributed by atoms with van der Waals surface area (Å²) in [5.74, 6) is 1.57. The van der Waals surface area contributed by atoms with Crippen molar-refractivity contribution >= 4 is 5.82 Å². The molecule has 2 heterocycles. The van der Waals surface area contributed by atoms with Gasteiger partial charge in [-0.3, -0.25) is 4.79 Å². The Hall–Kier alpha value is -2.24. The smallest absolute Gasteiger partial charge is 0.267 e. The predicted octanol–water partition coefficient (Wildman–Crippen LogP) is 3.39. The third-order valence-electron chi connectivity index (χ3n) is 6.59. The molecule has 2 saturated carbocycles. The van der Waals surface area contributed by atoms with E-state index in [1.165, 1.54) is 25.0 Å². The third kappa shape index (κ3) is 3.37. The number of anilines is 1. The molecule has 0 amide bonds. The van der Waals surface area contributed by atoms with Crippen LogP contribution in [0.15, 0.2) is 23.3 Å². The van der Waals surface area contributed by atoms with E-state index in [9.17, 15) is 4.79 Å². The molecule has 0 saturated heterocycles. The van der Waals surface area contributed by atoms with Gasteiger partial charge in [0.15, 0.2) is 0 Å². The van der Waals surface area contributed by atoms with Crippen LogP contribution in [0.25, 0.3) is 0 Å². The zero-order valence-electron chi connectivity index (χ0n) is 15.7. The Morgan fingerprint density at radius 2 is 1.81 bits per heavy atom. The number of fused-ring (bicyclic) bond motifs is 1. The summed E-state index contributed by atoms with van der Waals surface area (Å²) in [6.07, 6.45) is 12.7. The van der Waals surface area contributed by atoms with E-state index in [0.29, 0.717) is 12.0 Å². The summed E-state index contributed by atoms with van der Waals surface area (Å²) in [5, 5.41) is 8.29. The van der Waals surface area contributed by atoms with Crippen molar-refractivity contribution in [3.8, 4) is 0 Å². The zero-order chi connectivity index (χ0) is 18.2. The first-order valence-electron chi connectivity index (χ1n) is 10.5. The Balaban J connectivity index is 1.23. The van der Waals surface area contributed by atoms with Crippen LogP contribution in [-0.2, 0) is 12.8 Å². The van der Waals surface area contributed by atoms with Crippen molar-refractivity contribution in [3.05, 3.63) is 45.8 Å². The number of rotatable bonds is 4. The van der Waals surface area contributed by atoms with E-state index in [1.54, 1.807) is 11.0 Å². The lowest BCUT2D eigenvalue weighted by molar-refractivity contribution is 0.301. The lowest BCUT2D eigenvalue weighted by Gasteiger charge is -2.30. The first-order valence-corrected chi connectivity index (χ1v) is 10.5. The third-order valence-corrected chi connectivity index (χ3v) is 6.59. The summed E-state index contributed by atoms with van der Waals surface area (Å²) < 4.78 is 1.76. The summed E-state index contributed by atoms with van der Waals surface area (Å²) >= 11 is 0. The van der Waals surface area contributed by atoms with E-state index >= 15 is 0 Å². The molecule has 0 unspecified atom stereocenters. The van der Waals surface area contributed by atoms with Gasteiger partial charge in [-0.1, -0.05) is 6.42 Å². The van der Waals surface area contributed by atoms with Gasteiger partial charge in [-0.15, -0.1) is 0 Å². The molecule has 0 aromatic carbocycles.